The summed E-state index contributed by atoms with van der Waals surface area (Å²) in [7, 11) is 3.05. The number of likely N-dealkylation sites (tertiary alicyclic amines) is 1. The van der Waals surface area contributed by atoms with Gasteiger partial charge in [-0.05, 0) is 18.6 Å². The van der Waals surface area contributed by atoms with Gasteiger partial charge in [-0.15, -0.1) is 0 Å². The predicted molar refractivity (Wildman–Crippen MR) is 121 cm³/mol. The highest BCUT2D eigenvalue weighted by molar-refractivity contribution is 6.05. The summed E-state index contributed by atoms with van der Waals surface area (Å²) in [4.78, 5) is 26.5. The van der Waals surface area contributed by atoms with E-state index in [1.54, 1.807) is 36.4 Å². The first-order valence-electron chi connectivity index (χ1n) is 10.7. The number of anilines is 2. The Balaban J connectivity index is 1.73. The molecule has 2 atom stereocenters. The van der Waals surface area contributed by atoms with E-state index in [9.17, 15) is 9.59 Å². The highest BCUT2D eigenvalue weighted by Gasteiger charge is 2.27. The summed E-state index contributed by atoms with van der Waals surface area (Å²) in [6, 6.07) is 12.3. The number of hydrogen-bond acceptors (Lipinski definition) is 4. The van der Waals surface area contributed by atoms with Gasteiger partial charge in [-0.2, -0.15) is 0 Å². The van der Waals surface area contributed by atoms with Crippen LogP contribution in [0.15, 0.2) is 42.5 Å². The van der Waals surface area contributed by atoms with Crippen LogP contribution in [0.2, 0.25) is 0 Å². The van der Waals surface area contributed by atoms with E-state index in [1.165, 1.54) is 25.5 Å². The number of benzene rings is 2. The minimum atomic E-state index is -0.255. The maximum atomic E-state index is 12.7. The van der Waals surface area contributed by atoms with Crippen molar-refractivity contribution in [3.63, 3.8) is 0 Å². The molecule has 0 aromatic heterocycles. The third-order valence-corrected chi connectivity index (χ3v) is 5.57. The molecule has 0 unspecified atom stereocenters. The number of hydrogen-bond donors (Lipinski definition) is 3. The zero-order valence-corrected chi connectivity index (χ0v) is 18.7. The number of rotatable bonds is 7. The van der Waals surface area contributed by atoms with Crippen LogP contribution in [-0.2, 0) is 4.79 Å². The Labute approximate surface area is 183 Å². The van der Waals surface area contributed by atoms with Crippen molar-refractivity contribution in [2.45, 2.75) is 20.3 Å². The molecule has 3 rings (SSSR count). The van der Waals surface area contributed by atoms with Crippen molar-refractivity contribution in [3.8, 4) is 11.5 Å². The third-order valence-electron chi connectivity index (χ3n) is 5.57. The van der Waals surface area contributed by atoms with Crippen LogP contribution in [0.1, 0.15) is 30.6 Å². The lowest BCUT2D eigenvalue weighted by molar-refractivity contribution is -0.904. The van der Waals surface area contributed by atoms with Crippen LogP contribution < -0.4 is 25.0 Å². The second-order valence-electron chi connectivity index (χ2n) is 8.40. The monoisotopic (exact) mass is 426 g/mol. The molecule has 0 aliphatic carbocycles. The SMILES string of the molecule is COc1cc(NC(=O)c2ccccc2)c(OC)cc1NC(=O)C[NH+]1C[C@@H](C)C[C@H](C)C1. The molecular formula is C24H32N3O4+. The molecule has 7 heteroatoms. The summed E-state index contributed by atoms with van der Waals surface area (Å²) in [6.45, 7) is 6.89. The molecule has 0 saturated carbocycles. The van der Waals surface area contributed by atoms with Crippen LogP contribution in [0.4, 0.5) is 11.4 Å². The molecule has 1 saturated heterocycles. The second-order valence-corrected chi connectivity index (χ2v) is 8.40. The van der Waals surface area contributed by atoms with E-state index in [-0.39, 0.29) is 11.8 Å². The van der Waals surface area contributed by atoms with E-state index in [0.717, 1.165) is 13.1 Å². The van der Waals surface area contributed by atoms with Gasteiger partial charge < -0.3 is 25.0 Å². The van der Waals surface area contributed by atoms with Gasteiger partial charge >= 0.3 is 0 Å². The summed E-state index contributed by atoms with van der Waals surface area (Å²) in [5, 5.41) is 5.80. The Morgan fingerprint density at radius 1 is 0.935 bits per heavy atom. The Morgan fingerprint density at radius 3 is 2.03 bits per heavy atom. The van der Waals surface area contributed by atoms with Crippen molar-refractivity contribution >= 4 is 23.2 Å². The molecule has 1 heterocycles. The van der Waals surface area contributed by atoms with Crippen molar-refractivity contribution in [1.82, 2.24) is 0 Å². The maximum absolute atomic E-state index is 12.7. The second kappa shape index (κ2) is 10.3. The summed E-state index contributed by atoms with van der Waals surface area (Å²) in [5.74, 6) is 1.80. The third kappa shape index (κ3) is 5.98. The van der Waals surface area contributed by atoms with E-state index >= 15 is 0 Å². The number of nitrogens with one attached hydrogen (secondary N) is 3. The van der Waals surface area contributed by atoms with Gasteiger partial charge in [0, 0.05) is 29.5 Å². The lowest BCUT2D eigenvalue weighted by Crippen LogP contribution is -3.15. The minimum absolute atomic E-state index is 0.0716. The normalized spacial score (nSPS) is 20.6. The number of methoxy groups -OCH3 is 2. The largest absolute Gasteiger partial charge is 0.494 e. The summed E-state index contributed by atoms with van der Waals surface area (Å²) in [6.07, 6.45) is 1.21. The highest BCUT2D eigenvalue weighted by Crippen LogP contribution is 2.36. The van der Waals surface area contributed by atoms with Crippen LogP contribution in [0.3, 0.4) is 0 Å². The Kier molecular flexibility index (Phi) is 7.52. The average molecular weight is 427 g/mol. The fourth-order valence-electron chi connectivity index (χ4n) is 4.37. The van der Waals surface area contributed by atoms with Crippen molar-refractivity contribution in [1.29, 1.82) is 0 Å². The molecule has 0 radical (unpaired) electrons. The van der Waals surface area contributed by atoms with E-state index in [2.05, 4.69) is 24.5 Å². The molecule has 1 aliphatic heterocycles. The molecule has 7 nitrogen and oxygen atoms in total. The molecule has 2 aromatic rings. The maximum Gasteiger partial charge on any atom is 0.279 e. The average Bonchev–Trinajstić information content (AvgIpc) is 2.74. The van der Waals surface area contributed by atoms with Crippen LogP contribution >= 0.6 is 0 Å². The first-order valence-corrected chi connectivity index (χ1v) is 10.7. The Morgan fingerprint density at radius 2 is 1.48 bits per heavy atom. The predicted octanol–water partition coefficient (Wildman–Crippen LogP) is 2.46. The number of carbonyl (C=O) groups is 2. The van der Waals surface area contributed by atoms with Crippen LogP contribution in [0.25, 0.3) is 0 Å². The number of ether oxygens (including phenoxy) is 2. The summed E-state index contributed by atoms with van der Waals surface area (Å²) >= 11 is 0. The zero-order valence-electron chi connectivity index (χ0n) is 18.7. The molecule has 3 N–H and O–H groups in total. The van der Waals surface area contributed by atoms with Gasteiger partial charge in [0.05, 0.1) is 38.7 Å². The van der Waals surface area contributed by atoms with Gasteiger partial charge in [0.25, 0.3) is 11.8 Å². The van der Waals surface area contributed by atoms with Crippen molar-refractivity contribution in [3.05, 3.63) is 48.0 Å². The zero-order chi connectivity index (χ0) is 22.4. The van der Waals surface area contributed by atoms with E-state index < -0.39 is 0 Å². The van der Waals surface area contributed by atoms with Gasteiger partial charge in [0.15, 0.2) is 6.54 Å². The number of quaternary nitrogens is 1. The first-order chi connectivity index (χ1) is 14.9. The van der Waals surface area contributed by atoms with Gasteiger partial charge in [-0.1, -0.05) is 32.0 Å². The summed E-state index contributed by atoms with van der Waals surface area (Å²) < 4.78 is 10.9. The van der Waals surface area contributed by atoms with E-state index in [4.69, 9.17) is 9.47 Å². The first kappa shape index (κ1) is 22.6. The number of carbonyl (C=O) groups excluding carboxylic acids is 2. The standard InChI is InChI=1S/C24H31N3O4/c1-16-10-17(2)14-27(13-16)15-23(28)25-19-11-22(31-4)20(12-21(19)30-3)26-24(29)18-8-6-5-7-9-18/h5-9,11-12,16-17H,10,13-15H2,1-4H3,(H,25,28)(H,26,29)/p+1/t16-,17-/m0/s1. The summed E-state index contributed by atoms with van der Waals surface area (Å²) in [5.41, 5.74) is 1.52. The van der Waals surface area contributed by atoms with Crippen molar-refractivity contribution in [2.24, 2.45) is 11.8 Å². The number of amides is 2. The molecule has 0 spiro atoms. The Hall–Kier alpha value is -3.06. The topological polar surface area (TPSA) is 81.1 Å². The lowest BCUT2D eigenvalue weighted by Gasteiger charge is -2.31. The molecule has 0 bridgehead atoms. The number of piperidine rings is 1. The molecule has 2 aromatic carbocycles. The van der Waals surface area contributed by atoms with Crippen molar-refractivity contribution in [2.75, 3.05) is 44.5 Å². The molecule has 1 aliphatic rings. The van der Waals surface area contributed by atoms with Gasteiger partial charge in [-0.3, -0.25) is 9.59 Å². The lowest BCUT2D eigenvalue weighted by atomic mass is 9.92. The van der Waals surface area contributed by atoms with E-state index in [0.29, 0.717) is 46.8 Å². The van der Waals surface area contributed by atoms with Gasteiger partial charge in [0.1, 0.15) is 11.5 Å². The van der Waals surface area contributed by atoms with E-state index in [1.807, 2.05) is 6.07 Å². The minimum Gasteiger partial charge on any atom is -0.494 e. The molecule has 2 amide bonds. The van der Waals surface area contributed by atoms with Crippen LogP contribution in [-0.4, -0.2) is 45.7 Å². The Bertz CT molecular complexity index is 907. The van der Waals surface area contributed by atoms with Gasteiger partial charge in [0.2, 0.25) is 0 Å². The van der Waals surface area contributed by atoms with Crippen LogP contribution in [0.5, 0.6) is 11.5 Å². The molecule has 166 valence electrons. The van der Waals surface area contributed by atoms with Crippen molar-refractivity contribution < 1.29 is 24.0 Å². The smallest absolute Gasteiger partial charge is 0.279 e. The fourth-order valence-corrected chi connectivity index (χ4v) is 4.37. The quantitative estimate of drug-likeness (QED) is 0.635. The fraction of sp³-hybridized carbons (Fsp3) is 0.417. The van der Waals surface area contributed by atoms with Gasteiger partial charge in [-0.25, -0.2) is 0 Å². The molecule has 1 fully saturated rings. The molecular weight excluding hydrogens is 394 g/mol. The molecule has 31 heavy (non-hydrogen) atoms. The van der Waals surface area contributed by atoms with Crippen LogP contribution in [0, 0.1) is 11.8 Å². The highest BCUT2D eigenvalue weighted by atomic mass is 16.5.